The topological polar surface area (TPSA) is 64.0 Å². The molecule has 154 valence electrons. The van der Waals surface area contributed by atoms with Gasteiger partial charge in [-0.25, -0.2) is 0 Å². The summed E-state index contributed by atoms with van der Waals surface area (Å²) >= 11 is 11.9. The molecule has 0 atom stereocenters. The normalized spacial score (nSPS) is 10.6. The maximum absolute atomic E-state index is 12.9. The third-order valence-corrected chi connectivity index (χ3v) is 5.13. The van der Waals surface area contributed by atoms with Gasteiger partial charge in [-0.3, -0.25) is 14.3 Å². The average molecular weight is 450 g/mol. The highest BCUT2D eigenvalue weighted by molar-refractivity contribution is 6.31. The number of amides is 1. The Morgan fingerprint density at radius 1 is 0.871 bits per heavy atom. The van der Waals surface area contributed by atoms with Crippen molar-refractivity contribution < 1.29 is 9.59 Å². The van der Waals surface area contributed by atoms with E-state index in [-0.39, 0.29) is 17.3 Å². The first-order chi connectivity index (χ1) is 15.0. The van der Waals surface area contributed by atoms with Crippen molar-refractivity contribution in [1.82, 2.24) is 9.78 Å². The van der Waals surface area contributed by atoms with Crippen LogP contribution in [0, 0.1) is 0 Å². The summed E-state index contributed by atoms with van der Waals surface area (Å²) < 4.78 is 1.70. The molecule has 1 amide bonds. The molecule has 0 aliphatic rings. The minimum absolute atomic E-state index is 0.251. The molecule has 4 aromatic rings. The Labute approximate surface area is 189 Å². The molecule has 0 saturated carbocycles. The molecule has 0 saturated heterocycles. The summed E-state index contributed by atoms with van der Waals surface area (Å²) in [4.78, 5) is 25.8. The number of nitrogens with one attached hydrogen (secondary N) is 1. The van der Waals surface area contributed by atoms with Gasteiger partial charge in [0.25, 0.3) is 5.91 Å². The van der Waals surface area contributed by atoms with E-state index in [2.05, 4.69) is 10.4 Å². The van der Waals surface area contributed by atoms with Gasteiger partial charge in [-0.2, -0.15) is 5.10 Å². The molecule has 1 N–H and O–H groups in total. The van der Waals surface area contributed by atoms with Crippen LogP contribution in [0.15, 0.2) is 85.2 Å². The number of rotatable bonds is 6. The van der Waals surface area contributed by atoms with E-state index in [4.69, 9.17) is 23.2 Å². The Kier molecular flexibility index (Phi) is 6.16. The summed E-state index contributed by atoms with van der Waals surface area (Å²) in [5.74, 6) is -0.640. The van der Waals surface area contributed by atoms with Crippen molar-refractivity contribution in [3.8, 4) is 0 Å². The molecule has 0 spiro atoms. The number of aromatic nitrogens is 2. The molecule has 0 radical (unpaired) electrons. The lowest BCUT2D eigenvalue weighted by Gasteiger charge is -2.09. The number of ketones is 1. The highest BCUT2D eigenvalue weighted by Gasteiger charge is 2.18. The smallest absolute Gasteiger partial charge is 0.256 e. The molecular weight excluding hydrogens is 433 g/mol. The average Bonchev–Trinajstić information content (AvgIpc) is 3.20. The van der Waals surface area contributed by atoms with Gasteiger partial charge in [0.05, 0.1) is 24.0 Å². The SMILES string of the molecule is O=C(Nc1cnn(Cc2cccc(Cl)c2)c1)c1ccccc1C(=O)c1ccc(Cl)cc1. The molecule has 0 unspecified atom stereocenters. The number of nitrogens with zero attached hydrogens (tertiary/aromatic N) is 2. The summed E-state index contributed by atoms with van der Waals surface area (Å²) in [5.41, 5.74) is 2.57. The third kappa shape index (κ3) is 5.02. The van der Waals surface area contributed by atoms with Crippen molar-refractivity contribution >= 4 is 40.6 Å². The molecule has 1 aromatic heterocycles. The Hall–Kier alpha value is -3.41. The molecule has 5 nitrogen and oxygen atoms in total. The third-order valence-electron chi connectivity index (χ3n) is 4.65. The lowest BCUT2D eigenvalue weighted by molar-refractivity contribution is 0.0996. The standard InChI is InChI=1S/C24H17Cl2N3O2/c25-18-10-8-17(9-11-18)23(30)21-6-1-2-7-22(21)24(31)28-20-13-27-29(15-20)14-16-4-3-5-19(26)12-16/h1-13,15H,14H2,(H,28,31). The van der Waals surface area contributed by atoms with Crippen LogP contribution in [-0.4, -0.2) is 21.5 Å². The minimum atomic E-state index is -0.389. The van der Waals surface area contributed by atoms with E-state index in [0.717, 1.165) is 5.56 Å². The van der Waals surface area contributed by atoms with Crippen molar-refractivity contribution in [2.75, 3.05) is 5.32 Å². The van der Waals surface area contributed by atoms with Crippen molar-refractivity contribution in [2.45, 2.75) is 6.54 Å². The van der Waals surface area contributed by atoms with Gasteiger partial charge < -0.3 is 5.32 Å². The quantitative estimate of drug-likeness (QED) is 0.382. The van der Waals surface area contributed by atoms with Crippen LogP contribution >= 0.6 is 23.2 Å². The second-order valence-electron chi connectivity index (χ2n) is 6.89. The monoisotopic (exact) mass is 449 g/mol. The second-order valence-corrected chi connectivity index (χ2v) is 7.77. The molecule has 3 aromatic carbocycles. The van der Waals surface area contributed by atoms with E-state index in [0.29, 0.717) is 33.4 Å². The number of hydrogen-bond acceptors (Lipinski definition) is 3. The molecule has 0 bridgehead atoms. The van der Waals surface area contributed by atoms with E-state index in [1.807, 2.05) is 24.3 Å². The fourth-order valence-corrected chi connectivity index (χ4v) is 3.51. The number of hydrogen-bond donors (Lipinski definition) is 1. The Morgan fingerprint density at radius 3 is 2.35 bits per heavy atom. The molecule has 0 aliphatic carbocycles. The Morgan fingerprint density at radius 2 is 1.61 bits per heavy atom. The van der Waals surface area contributed by atoms with Gasteiger partial charge in [0, 0.05) is 27.4 Å². The van der Waals surface area contributed by atoms with Gasteiger partial charge in [0.2, 0.25) is 0 Å². The number of benzene rings is 3. The van der Waals surface area contributed by atoms with Crippen LogP contribution in [-0.2, 0) is 6.54 Å². The van der Waals surface area contributed by atoms with Crippen LogP contribution < -0.4 is 5.32 Å². The highest BCUT2D eigenvalue weighted by atomic mass is 35.5. The number of carbonyl (C=O) groups is 2. The lowest BCUT2D eigenvalue weighted by Crippen LogP contribution is -2.16. The van der Waals surface area contributed by atoms with Crippen molar-refractivity contribution in [2.24, 2.45) is 0 Å². The number of anilines is 1. The van der Waals surface area contributed by atoms with Gasteiger partial charge >= 0.3 is 0 Å². The molecule has 0 fully saturated rings. The Bertz CT molecular complexity index is 1250. The second kappa shape index (κ2) is 9.16. The molecular formula is C24H17Cl2N3O2. The zero-order valence-electron chi connectivity index (χ0n) is 16.3. The van der Waals surface area contributed by atoms with Crippen LogP contribution in [0.5, 0.6) is 0 Å². The molecule has 0 aliphatic heterocycles. The Balaban J connectivity index is 1.51. The fraction of sp³-hybridized carbons (Fsp3) is 0.0417. The van der Waals surface area contributed by atoms with Gasteiger partial charge in [-0.1, -0.05) is 53.5 Å². The van der Waals surface area contributed by atoms with E-state index in [1.54, 1.807) is 65.6 Å². The summed E-state index contributed by atoms with van der Waals surface area (Å²) in [7, 11) is 0. The van der Waals surface area contributed by atoms with E-state index in [9.17, 15) is 9.59 Å². The molecule has 4 rings (SSSR count). The summed E-state index contributed by atoms with van der Waals surface area (Å²) in [6.07, 6.45) is 3.29. The predicted octanol–water partition coefficient (Wildman–Crippen LogP) is 5.72. The first-order valence-electron chi connectivity index (χ1n) is 9.47. The van der Waals surface area contributed by atoms with Crippen molar-refractivity contribution in [1.29, 1.82) is 0 Å². The van der Waals surface area contributed by atoms with Crippen LogP contribution in [0.4, 0.5) is 5.69 Å². The minimum Gasteiger partial charge on any atom is -0.319 e. The van der Waals surface area contributed by atoms with Crippen LogP contribution in [0.2, 0.25) is 10.0 Å². The zero-order valence-corrected chi connectivity index (χ0v) is 17.8. The molecule has 7 heteroatoms. The summed E-state index contributed by atoms with van der Waals surface area (Å²) in [5, 5.41) is 8.28. The van der Waals surface area contributed by atoms with Gasteiger partial charge in [-0.15, -0.1) is 0 Å². The number of carbonyl (C=O) groups excluding carboxylic acids is 2. The van der Waals surface area contributed by atoms with Gasteiger partial charge in [0.1, 0.15) is 0 Å². The maximum Gasteiger partial charge on any atom is 0.256 e. The predicted molar refractivity (Wildman–Crippen MR) is 122 cm³/mol. The fourth-order valence-electron chi connectivity index (χ4n) is 3.17. The van der Waals surface area contributed by atoms with Crippen LogP contribution in [0.25, 0.3) is 0 Å². The summed E-state index contributed by atoms with van der Waals surface area (Å²) in [6, 6.07) is 20.8. The molecule has 1 heterocycles. The summed E-state index contributed by atoms with van der Waals surface area (Å²) in [6.45, 7) is 0.516. The van der Waals surface area contributed by atoms with Crippen LogP contribution in [0.3, 0.4) is 0 Å². The van der Waals surface area contributed by atoms with Crippen LogP contribution in [0.1, 0.15) is 31.8 Å². The van der Waals surface area contributed by atoms with Crippen molar-refractivity contribution in [3.05, 3.63) is 117 Å². The van der Waals surface area contributed by atoms with E-state index < -0.39 is 0 Å². The maximum atomic E-state index is 12.9. The van der Waals surface area contributed by atoms with Crippen molar-refractivity contribution in [3.63, 3.8) is 0 Å². The number of halogens is 2. The van der Waals surface area contributed by atoms with E-state index >= 15 is 0 Å². The lowest BCUT2D eigenvalue weighted by atomic mass is 9.98. The first kappa shape index (κ1) is 20.8. The van der Waals surface area contributed by atoms with Gasteiger partial charge in [-0.05, 0) is 48.0 Å². The first-order valence-corrected chi connectivity index (χ1v) is 10.2. The largest absolute Gasteiger partial charge is 0.319 e. The van der Waals surface area contributed by atoms with Gasteiger partial charge in [0.15, 0.2) is 5.78 Å². The zero-order chi connectivity index (χ0) is 21.8. The highest BCUT2D eigenvalue weighted by Crippen LogP contribution is 2.19. The molecule has 31 heavy (non-hydrogen) atoms. The van der Waals surface area contributed by atoms with E-state index in [1.165, 1.54) is 0 Å².